The van der Waals surface area contributed by atoms with Gasteiger partial charge in [-0.25, -0.2) is 0 Å². The second kappa shape index (κ2) is 7.91. The highest BCUT2D eigenvalue weighted by Gasteiger charge is 2.10. The van der Waals surface area contributed by atoms with E-state index < -0.39 is 5.56 Å². The summed E-state index contributed by atoms with van der Waals surface area (Å²) < 4.78 is 1.11. The lowest BCUT2D eigenvalue weighted by molar-refractivity contribution is 0.0951. The van der Waals surface area contributed by atoms with Gasteiger partial charge in [0.1, 0.15) is 5.02 Å². The highest BCUT2D eigenvalue weighted by Crippen LogP contribution is 2.16. The molecule has 1 amide bonds. The van der Waals surface area contributed by atoms with Gasteiger partial charge < -0.3 is 5.32 Å². The fourth-order valence-corrected chi connectivity index (χ4v) is 2.75. The van der Waals surface area contributed by atoms with Crippen molar-refractivity contribution in [3.63, 3.8) is 0 Å². The predicted molar refractivity (Wildman–Crippen MR) is 102 cm³/mol. The van der Waals surface area contributed by atoms with Gasteiger partial charge in [0.15, 0.2) is 0 Å². The number of halogens is 3. The van der Waals surface area contributed by atoms with Crippen LogP contribution in [0.2, 0.25) is 15.1 Å². The Hall–Kier alpha value is -2.34. The average Bonchev–Trinajstić information content (AvgIpc) is 2.65. The second-order valence-corrected chi connectivity index (χ2v) is 6.60. The summed E-state index contributed by atoms with van der Waals surface area (Å²) in [6.45, 7) is 0.356. The van der Waals surface area contributed by atoms with Gasteiger partial charge in [0.05, 0.1) is 16.9 Å². The zero-order chi connectivity index (χ0) is 18.7. The van der Waals surface area contributed by atoms with Crippen LogP contribution in [0.25, 0.3) is 5.69 Å². The number of nitrogens with one attached hydrogen (secondary N) is 1. The largest absolute Gasteiger partial charge is 0.348 e. The Bertz CT molecular complexity index is 1020. The molecule has 0 atom stereocenters. The lowest BCUT2D eigenvalue weighted by atomic mass is 10.1. The van der Waals surface area contributed by atoms with Crippen LogP contribution in [0.15, 0.2) is 59.5 Å². The quantitative estimate of drug-likeness (QED) is 0.706. The van der Waals surface area contributed by atoms with Crippen molar-refractivity contribution >= 4 is 40.7 Å². The van der Waals surface area contributed by atoms with E-state index in [1.165, 1.54) is 6.20 Å². The molecule has 3 aromatic rings. The Balaban J connectivity index is 1.74. The molecule has 2 aromatic carbocycles. The van der Waals surface area contributed by atoms with Crippen LogP contribution in [0.3, 0.4) is 0 Å². The van der Waals surface area contributed by atoms with Crippen molar-refractivity contribution in [3.05, 3.63) is 91.3 Å². The number of hydrogen-bond acceptors (Lipinski definition) is 3. The van der Waals surface area contributed by atoms with Gasteiger partial charge in [-0.3, -0.25) is 9.59 Å². The second-order valence-electron chi connectivity index (χ2n) is 5.38. The summed E-state index contributed by atoms with van der Waals surface area (Å²) in [6, 6.07) is 13.6. The van der Waals surface area contributed by atoms with E-state index >= 15 is 0 Å². The van der Waals surface area contributed by atoms with Crippen molar-refractivity contribution in [2.45, 2.75) is 6.54 Å². The molecule has 0 fully saturated rings. The van der Waals surface area contributed by atoms with Crippen LogP contribution in [0.1, 0.15) is 15.9 Å². The monoisotopic (exact) mass is 407 g/mol. The number of nitrogens with zero attached hydrogens (tertiary/aromatic N) is 2. The smallest absolute Gasteiger partial charge is 0.291 e. The maximum absolute atomic E-state index is 12.2. The number of hydrogen-bond donors (Lipinski definition) is 1. The first-order valence-corrected chi connectivity index (χ1v) is 8.65. The Morgan fingerprint density at radius 3 is 2.50 bits per heavy atom. The van der Waals surface area contributed by atoms with Crippen LogP contribution >= 0.6 is 34.8 Å². The first-order valence-electron chi connectivity index (χ1n) is 7.52. The van der Waals surface area contributed by atoms with Crippen LogP contribution in [-0.4, -0.2) is 15.7 Å². The van der Waals surface area contributed by atoms with Crippen LogP contribution in [-0.2, 0) is 6.54 Å². The average molecular weight is 409 g/mol. The zero-order valence-corrected chi connectivity index (χ0v) is 15.5. The maximum Gasteiger partial charge on any atom is 0.291 e. The van der Waals surface area contributed by atoms with Crippen LogP contribution in [0.4, 0.5) is 0 Å². The number of aromatic nitrogens is 2. The molecule has 0 saturated heterocycles. The van der Waals surface area contributed by atoms with Gasteiger partial charge in [-0.15, -0.1) is 0 Å². The van der Waals surface area contributed by atoms with E-state index in [1.54, 1.807) is 36.4 Å². The molecule has 3 rings (SSSR count). The van der Waals surface area contributed by atoms with E-state index in [2.05, 4.69) is 10.4 Å². The molecule has 0 aliphatic rings. The van der Waals surface area contributed by atoms with Gasteiger partial charge in [-0.2, -0.15) is 9.78 Å². The van der Waals surface area contributed by atoms with E-state index in [9.17, 15) is 9.59 Å². The number of benzene rings is 2. The molecule has 26 heavy (non-hydrogen) atoms. The standard InChI is InChI=1S/C18H12Cl3N3O2/c19-13-3-1-2-11(8-13)9-22-17(25)12-4-6-14(7-5-12)24-18(26)16(21)15(20)10-23-24/h1-8,10H,9H2,(H,22,25). The number of carbonyl (C=O) groups excluding carboxylic acids is 1. The maximum atomic E-state index is 12.2. The van der Waals surface area contributed by atoms with Gasteiger partial charge in [-0.05, 0) is 42.0 Å². The Labute approximate surface area is 164 Å². The van der Waals surface area contributed by atoms with Crippen LogP contribution < -0.4 is 10.9 Å². The molecule has 1 aromatic heterocycles. The van der Waals surface area contributed by atoms with E-state index in [0.717, 1.165) is 10.2 Å². The molecule has 0 aliphatic heterocycles. The zero-order valence-electron chi connectivity index (χ0n) is 13.2. The molecule has 0 radical (unpaired) electrons. The van der Waals surface area contributed by atoms with Crippen molar-refractivity contribution in [1.29, 1.82) is 0 Å². The number of carbonyl (C=O) groups is 1. The number of rotatable bonds is 4. The van der Waals surface area contributed by atoms with Gasteiger partial charge in [0.2, 0.25) is 0 Å². The molecule has 0 aliphatic carbocycles. The third-order valence-electron chi connectivity index (χ3n) is 3.59. The van der Waals surface area contributed by atoms with Crippen molar-refractivity contribution in [2.75, 3.05) is 0 Å². The summed E-state index contributed by atoms with van der Waals surface area (Å²) in [7, 11) is 0. The molecular formula is C18H12Cl3N3O2. The summed E-state index contributed by atoms with van der Waals surface area (Å²) >= 11 is 17.5. The molecule has 132 valence electrons. The first-order chi connectivity index (χ1) is 12.5. The topological polar surface area (TPSA) is 64.0 Å². The van der Waals surface area contributed by atoms with Gasteiger partial charge in [0, 0.05) is 17.1 Å². The predicted octanol–water partition coefficient (Wildman–Crippen LogP) is 4.12. The number of amides is 1. The van der Waals surface area contributed by atoms with E-state index in [1.807, 2.05) is 12.1 Å². The summed E-state index contributed by atoms with van der Waals surface area (Å²) in [6.07, 6.45) is 1.29. The molecule has 8 heteroatoms. The first kappa shape index (κ1) is 18.5. The highest BCUT2D eigenvalue weighted by atomic mass is 35.5. The van der Waals surface area contributed by atoms with Crippen molar-refractivity contribution in [1.82, 2.24) is 15.1 Å². The Morgan fingerprint density at radius 2 is 1.81 bits per heavy atom. The van der Waals surface area contributed by atoms with E-state index in [-0.39, 0.29) is 16.0 Å². The fraction of sp³-hybridized carbons (Fsp3) is 0.0556. The third kappa shape index (κ3) is 4.07. The lowest BCUT2D eigenvalue weighted by Crippen LogP contribution is -2.23. The molecular weight excluding hydrogens is 397 g/mol. The lowest BCUT2D eigenvalue weighted by Gasteiger charge is -2.08. The molecule has 0 bridgehead atoms. The molecule has 0 spiro atoms. The van der Waals surface area contributed by atoms with E-state index in [0.29, 0.717) is 22.8 Å². The molecule has 5 nitrogen and oxygen atoms in total. The third-order valence-corrected chi connectivity index (χ3v) is 4.58. The minimum Gasteiger partial charge on any atom is -0.348 e. The summed E-state index contributed by atoms with van der Waals surface area (Å²) in [4.78, 5) is 24.3. The Kier molecular flexibility index (Phi) is 5.61. The molecule has 1 N–H and O–H groups in total. The summed E-state index contributed by atoms with van der Waals surface area (Å²) in [5.74, 6) is -0.244. The summed E-state index contributed by atoms with van der Waals surface area (Å²) in [5, 5.41) is 7.34. The van der Waals surface area contributed by atoms with Crippen molar-refractivity contribution in [2.24, 2.45) is 0 Å². The van der Waals surface area contributed by atoms with Crippen LogP contribution in [0, 0.1) is 0 Å². The SMILES string of the molecule is O=C(NCc1cccc(Cl)c1)c1ccc(-n2ncc(Cl)c(Cl)c2=O)cc1. The Morgan fingerprint density at radius 1 is 1.08 bits per heavy atom. The highest BCUT2D eigenvalue weighted by molar-refractivity contribution is 6.41. The fourth-order valence-electron chi connectivity index (χ4n) is 2.28. The van der Waals surface area contributed by atoms with Gasteiger partial charge >= 0.3 is 0 Å². The molecule has 0 unspecified atom stereocenters. The minimum atomic E-state index is -0.530. The summed E-state index contributed by atoms with van der Waals surface area (Å²) in [5.41, 5.74) is 1.29. The van der Waals surface area contributed by atoms with Crippen molar-refractivity contribution < 1.29 is 4.79 Å². The molecule has 1 heterocycles. The molecule has 0 saturated carbocycles. The van der Waals surface area contributed by atoms with E-state index in [4.69, 9.17) is 34.8 Å². The normalized spacial score (nSPS) is 10.6. The van der Waals surface area contributed by atoms with Gasteiger partial charge in [-0.1, -0.05) is 46.9 Å². The van der Waals surface area contributed by atoms with Crippen LogP contribution in [0.5, 0.6) is 0 Å². The minimum absolute atomic E-state index is 0.0879. The van der Waals surface area contributed by atoms with Gasteiger partial charge in [0.25, 0.3) is 11.5 Å². The van der Waals surface area contributed by atoms with Crippen molar-refractivity contribution in [3.8, 4) is 5.69 Å².